The topological polar surface area (TPSA) is 91.1 Å². The van der Waals surface area contributed by atoms with Crippen LogP contribution >= 0.6 is 0 Å². The van der Waals surface area contributed by atoms with Crippen molar-refractivity contribution in [2.45, 2.75) is 11.3 Å². The van der Waals surface area contributed by atoms with E-state index in [1.807, 2.05) is 4.90 Å². The van der Waals surface area contributed by atoms with Gasteiger partial charge in [-0.2, -0.15) is 4.31 Å². The molecule has 0 aliphatic carbocycles. The van der Waals surface area contributed by atoms with E-state index in [1.165, 1.54) is 6.07 Å². The van der Waals surface area contributed by atoms with E-state index in [4.69, 9.17) is 9.52 Å². The van der Waals surface area contributed by atoms with Gasteiger partial charge >= 0.3 is 5.97 Å². The molecule has 1 aromatic heterocycles. The van der Waals surface area contributed by atoms with Crippen molar-refractivity contribution in [3.63, 3.8) is 0 Å². The van der Waals surface area contributed by atoms with Crippen LogP contribution in [0.25, 0.3) is 0 Å². The van der Waals surface area contributed by atoms with Crippen LogP contribution < -0.4 is 0 Å². The normalized spacial score (nSPS) is 16.5. The lowest BCUT2D eigenvalue weighted by atomic mass is 10.3. The smallest absolute Gasteiger partial charge is 0.371 e. The molecule has 0 spiro atoms. The minimum Gasteiger partial charge on any atom is -0.475 e. The molecule has 7 nitrogen and oxygen atoms in total. The summed E-state index contributed by atoms with van der Waals surface area (Å²) in [7, 11) is -4.25. The second-order valence-electron chi connectivity index (χ2n) is 6.12. The molecule has 0 unspecified atom stereocenters. The Bertz CT molecular complexity index is 916. The molecule has 3 rings (SSSR count). The molecule has 0 atom stereocenters. The van der Waals surface area contributed by atoms with Crippen molar-refractivity contribution >= 4 is 16.0 Å². The molecule has 0 bridgehead atoms. The van der Waals surface area contributed by atoms with Gasteiger partial charge in [-0.15, -0.1) is 0 Å². The number of hydrogen-bond acceptors (Lipinski definition) is 5. The van der Waals surface area contributed by atoms with Gasteiger partial charge in [0, 0.05) is 39.1 Å². The zero-order valence-corrected chi connectivity index (χ0v) is 15.1. The Kier molecular flexibility index (Phi) is 5.59. The van der Waals surface area contributed by atoms with Gasteiger partial charge in [-0.05, 0) is 24.3 Å². The molecule has 146 valence electrons. The van der Waals surface area contributed by atoms with E-state index >= 15 is 0 Å². The molecule has 1 aliphatic rings. The van der Waals surface area contributed by atoms with E-state index in [0.29, 0.717) is 31.8 Å². The maximum atomic E-state index is 13.8. The molecule has 0 amide bonds. The average molecular weight is 400 g/mol. The molecular weight excluding hydrogens is 382 g/mol. The molecule has 2 heterocycles. The number of carbonyl (C=O) groups is 1. The molecule has 1 saturated heterocycles. The zero-order valence-electron chi connectivity index (χ0n) is 14.3. The maximum absolute atomic E-state index is 13.8. The number of halogens is 2. The second-order valence-corrected chi connectivity index (χ2v) is 7.99. The van der Waals surface area contributed by atoms with Crippen molar-refractivity contribution in [3.8, 4) is 0 Å². The Morgan fingerprint density at radius 1 is 1.07 bits per heavy atom. The molecule has 0 radical (unpaired) electrons. The molecule has 0 saturated carbocycles. The Hall–Kier alpha value is -2.30. The summed E-state index contributed by atoms with van der Waals surface area (Å²) in [6.45, 7) is 1.54. The van der Waals surface area contributed by atoms with Gasteiger partial charge in [0.1, 0.15) is 17.4 Å². The summed E-state index contributed by atoms with van der Waals surface area (Å²) in [5.74, 6) is -2.96. The molecule has 10 heteroatoms. The Morgan fingerprint density at radius 2 is 1.70 bits per heavy atom. The number of hydrogen-bond donors (Lipinski definition) is 1. The molecule has 27 heavy (non-hydrogen) atoms. The van der Waals surface area contributed by atoms with E-state index in [2.05, 4.69) is 0 Å². The first kappa shape index (κ1) is 19.5. The van der Waals surface area contributed by atoms with E-state index in [1.54, 1.807) is 6.07 Å². The van der Waals surface area contributed by atoms with Crippen molar-refractivity contribution in [3.05, 3.63) is 53.5 Å². The van der Waals surface area contributed by atoms with E-state index in [-0.39, 0.29) is 18.8 Å². The number of sulfonamides is 1. The van der Waals surface area contributed by atoms with Crippen molar-refractivity contribution in [1.82, 2.24) is 9.21 Å². The van der Waals surface area contributed by atoms with Crippen LogP contribution in [0, 0.1) is 11.6 Å². The van der Waals surface area contributed by atoms with Crippen molar-refractivity contribution in [2.24, 2.45) is 0 Å². The summed E-state index contributed by atoms with van der Waals surface area (Å²) < 4.78 is 59.0. The Balaban J connectivity index is 1.59. The SMILES string of the molecule is O=C(O)c1ccc(CCN2CCN(S(=O)(=O)c3c(F)cccc3F)CC2)o1. The van der Waals surface area contributed by atoms with Crippen LogP contribution in [0.5, 0.6) is 0 Å². The summed E-state index contributed by atoms with van der Waals surface area (Å²) in [5, 5.41) is 8.83. The number of rotatable bonds is 6. The summed E-state index contributed by atoms with van der Waals surface area (Å²) >= 11 is 0. The van der Waals surface area contributed by atoms with Crippen LogP contribution in [0.2, 0.25) is 0 Å². The van der Waals surface area contributed by atoms with E-state index in [0.717, 1.165) is 22.5 Å². The van der Waals surface area contributed by atoms with Gasteiger partial charge in [-0.3, -0.25) is 0 Å². The van der Waals surface area contributed by atoms with Crippen molar-refractivity contribution in [1.29, 1.82) is 0 Å². The summed E-state index contributed by atoms with van der Waals surface area (Å²) in [5.41, 5.74) is 0. The highest BCUT2D eigenvalue weighted by Gasteiger charge is 2.33. The predicted molar refractivity (Wildman–Crippen MR) is 90.9 cm³/mol. The Labute approximate surface area is 154 Å². The minimum atomic E-state index is -4.25. The molecular formula is C17H18F2N2O5S. The lowest BCUT2D eigenvalue weighted by Gasteiger charge is -2.33. The third-order valence-corrected chi connectivity index (χ3v) is 6.35. The predicted octanol–water partition coefficient (Wildman–Crippen LogP) is 1.81. The van der Waals surface area contributed by atoms with Crippen LogP contribution in [-0.2, 0) is 16.4 Å². The highest BCUT2D eigenvalue weighted by atomic mass is 32.2. The van der Waals surface area contributed by atoms with Crippen LogP contribution in [-0.4, -0.2) is 61.4 Å². The fourth-order valence-electron chi connectivity index (χ4n) is 2.95. The third-order valence-electron chi connectivity index (χ3n) is 4.39. The lowest BCUT2D eigenvalue weighted by Crippen LogP contribution is -2.49. The third kappa shape index (κ3) is 4.18. The number of piperazine rings is 1. The van der Waals surface area contributed by atoms with Crippen LogP contribution in [0.1, 0.15) is 16.3 Å². The molecule has 1 aromatic carbocycles. The minimum absolute atomic E-state index is 0.106. The maximum Gasteiger partial charge on any atom is 0.371 e. The molecule has 1 fully saturated rings. The van der Waals surface area contributed by atoms with Gasteiger partial charge in [0.2, 0.25) is 15.8 Å². The standard InChI is InChI=1S/C17H18F2N2O5S/c18-13-2-1-3-14(19)16(13)27(24,25)21-10-8-20(9-11-21)7-6-12-4-5-15(26-12)17(22)23/h1-5H,6-11H2,(H,22,23). The lowest BCUT2D eigenvalue weighted by molar-refractivity contribution is 0.0660. The number of benzene rings is 1. The average Bonchev–Trinajstić information content (AvgIpc) is 3.09. The molecule has 1 aliphatic heterocycles. The second kappa shape index (κ2) is 7.75. The van der Waals surface area contributed by atoms with Crippen molar-refractivity contribution < 1.29 is 31.5 Å². The van der Waals surface area contributed by atoms with Crippen LogP contribution in [0.3, 0.4) is 0 Å². The Morgan fingerprint density at radius 3 is 2.26 bits per heavy atom. The van der Waals surface area contributed by atoms with Gasteiger partial charge in [-0.25, -0.2) is 22.0 Å². The quantitative estimate of drug-likeness (QED) is 0.795. The highest BCUT2D eigenvalue weighted by Crippen LogP contribution is 2.23. The first-order valence-electron chi connectivity index (χ1n) is 8.27. The van der Waals surface area contributed by atoms with E-state index in [9.17, 15) is 22.0 Å². The summed E-state index contributed by atoms with van der Waals surface area (Å²) in [6.07, 6.45) is 0.474. The molecule has 2 aromatic rings. The number of nitrogens with zero attached hydrogens (tertiary/aromatic N) is 2. The van der Waals surface area contributed by atoms with Gasteiger partial charge in [0.15, 0.2) is 4.90 Å². The van der Waals surface area contributed by atoms with Crippen LogP contribution in [0.4, 0.5) is 8.78 Å². The zero-order chi connectivity index (χ0) is 19.6. The summed E-state index contributed by atoms with van der Waals surface area (Å²) in [6, 6.07) is 5.92. The largest absolute Gasteiger partial charge is 0.475 e. The van der Waals surface area contributed by atoms with E-state index < -0.39 is 32.5 Å². The number of carboxylic acid groups (broad SMARTS) is 1. The van der Waals surface area contributed by atoms with Gasteiger partial charge in [0.05, 0.1) is 0 Å². The highest BCUT2D eigenvalue weighted by molar-refractivity contribution is 7.89. The summed E-state index contributed by atoms with van der Waals surface area (Å²) in [4.78, 5) is 11.9. The number of furan rings is 1. The molecule has 1 N–H and O–H groups in total. The fraction of sp³-hybridized carbons (Fsp3) is 0.353. The van der Waals surface area contributed by atoms with Gasteiger partial charge in [-0.1, -0.05) is 6.07 Å². The van der Waals surface area contributed by atoms with Crippen molar-refractivity contribution in [2.75, 3.05) is 32.7 Å². The monoisotopic (exact) mass is 400 g/mol. The fourth-order valence-corrected chi connectivity index (χ4v) is 4.48. The first-order valence-corrected chi connectivity index (χ1v) is 9.71. The van der Waals surface area contributed by atoms with Gasteiger partial charge in [0.25, 0.3) is 0 Å². The number of carboxylic acids is 1. The van der Waals surface area contributed by atoms with Gasteiger partial charge < -0.3 is 14.4 Å². The first-order chi connectivity index (χ1) is 12.8. The number of aromatic carboxylic acids is 1. The van der Waals surface area contributed by atoms with Crippen LogP contribution in [0.15, 0.2) is 39.6 Å².